The molecule has 0 aliphatic rings. The van der Waals surface area contributed by atoms with Gasteiger partial charge in [-0.2, -0.15) is 0 Å². The summed E-state index contributed by atoms with van der Waals surface area (Å²) in [5.41, 5.74) is 8.58. The second-order valence-corrected chi connectivity index (χ2v) is 9.23. The van der Waals surface area contributed by atoms with Crippen LogP contribution in [0.4, 0.5) is 21.9 Å². The predicted molar refractivity (Wildman–Crippen MR) is 155 cm³/mol. The Balaban J connectivity index is 1.69. The van der Waals surface area contributed by atoms with Crippen LogP contribution >= 0.6 is 0 Å². The molecule has 3 rings (SSSR count). The smallest absolute Gasteiger partial charge is 0.412 e. The van der Waals surface area contributed by atoms with E-state index in [1.807, 2.05) is 19.1 Å². The molecule has 0 aliphatic carbocycles. The lowest BCUT2D eigenvalue weighted by Gasteiger charge is -2.26. The van der Waals surface area contributed by atoms with Crippen LogP contribution in [0.25, 0.3) is 0 Å². The Morgan fingerprint density at radius 3 is 2.38 bits per heavy atom. The van der Waals surface area contributed by atoms with E-state index in [1.165, 1.54) is 13.0 Å². The summed E-state index contributed by atoms with van der Waals surface area (Å²) in [4.78, 5) is 36.7. The Labute approximate surface area is 234 Å². The van der Waals surface area contributed by atoms with Gasteiger partial charge in [0, 0.05) is 16.8 Å². The molecule has 0 aliphatic heterocycles. The van der Waals surface area contributed by atoms with Crippen molar-refractivity contribution >= 4 is 34.8 Å². The van der Waals surface area contributed by atoms with E-state index in [2.05, 4.69) is 10.6 Å². The van der Waals surface area contributed by atoms with Gasteiger partial charge in [0.2, 0.25) is 5.91 Å². The molecule has 9 heteroatoms. The third-order valence-corrected chi connectivity index (χ3v) is 6.14. The highest BCUT2D eigenvalue weighted by atomic mass is 16.6. The van der Waals surface area contributed by atoms with Gasteiger partial charge in [-0.3, -0.25) is 14.9 Å². The third-order valence-electron chi connectivity index (χ3n) is 6.14. The number of hydrogen-bond acceptors (Lipinski definition) is 7. The number of carbonyl (C=O) groups is 3. The molecule has 3 aromatic rings. The number of allylic oxidation sites excluding steroid dienone is 1. The van der Waals surface area contributed by atoms with Crippen LogP contribution in [0.5, 0.6) is 5.75 Å². The number of nitrogens with two attached hydrogens (primary N) is 1. The SMILES string of the molecule is CC(=O)c1ccc(NC(=O)O[C@@H](c2ccccc2OCCO)[C@H](C)CC/C=C/C(=O)Nc2ccccc2N)cc1. The molecule has 0 bridgehead atoms. The fourth-order valence-corrected chi connectivity index (χ4v) is 4.03. The lowest BCUT2D eigenvalue weighted by Crippen LogP contribution is -2.22. The average Bonchev–Trinajstić information content (AvgIpc) is 2.94. The van der Waals surface area contributed by atoms with Crippen LogP contribution in [0.2, 0.25) is 0 Å². The first kappa shape index (κ1) is 29.9. The van der Waals surface area contributed by atoms with Crippen molar-refractivity contribution in [2.75, 3.05) is 29.6 Å². The highest BCUT2D eigenvalue weighted by Gasteiger charge is 2.26. The van der Waals surface area contributed by atoms with E-state index in [1.54, 1.807) is 66.7 Å². The highest BCUT2D eigenvalue weighted by molar-refractivity contribution is 6.01. The highest BCUT2D eigenvalue weighted by Crippen LogP contribution is 2.35. The van der Waals surface area contributed by atoms with Gasteiger partial charge in [0.1, 0.15) is 18.5 Å². The standard InChI is InChI=1S/C31H35N3O6/c1-21(9-3-8-14-29(37)34-27-12-6-5-11-26(27)32)30(25-10-4-7-13-28(25)39-20-19-35)40-31(38)33-24-17-15-23(16-18-24)22(2)36/h4-8,10-18,21,30,35H,3,9,19-20,32H2,1-2H3,(H,33,38)(H,34,37)/b14-8+/t21-,30-/m1/s1. The normalized spacial score (nSPS) is 12.4. The van der Waals surface area contributed by atoms with Gasteiger partial charge in [-0.05, 0) is 74.2 Å². The molecule has 0 spiro atoms. The fraction of sp³-hybridized carbons (Fsp3) is 0.258. The average molecular weight is 546 g/mol. The van der Waals surface area contributed by atoms with Crippen molar-refractivity contribution < 1.29 is 29.0 Å². The molecular formula is C31H35N3O6. The summed E-state index contributed by atoms with van der Waals surface area (Å²) in [5, 5.41) is 14.7. The summed E-state index contributed by atoms with van der Waals surface area (Å²) >= 11 is 0. The minimum Gasteiger partial charge on any atom is -0.491 e. The molecule has 3 aromatic carbocycles. The van der Waals surface area contributed by atoms with Gasteiger partial charge in [0.05, 0.1) is 18.0 Å². The van der Waals surface area contributed by atoms with Crippen LogP contribution in [0.15, 0.2) is 84.9 Å². The molecule has 0 saturated carbocycles. The van der Waals surface area contributed by atoms with Crippen LogP contribution in [0.1, 0.15) is 48.7 Å². The van der Waals surface area contributed by atoms with E-state index in [4.69, 9.17) is 15.2 Å². The van der Waals surface area contributed by atoms with Gasteiger partial charge in [-0.25, -0.2) is 4.79 Å². The maximum atomic E-state index is 12.9. The van der Waals surface area contributed by atoms with Gasteiger partial charge >= 0.3 is 6.09 Å². The van der Waals surface area contributed by atoms with Crippen LogP contribution in [0.3, 0.4) is 0 Å². The monoisotopic (exact) mass is 545 g/mol. The zero-order valence-corrected chi connectivity index (χ0v) is 22.6. The van der Waals surface area contributed by atoms with Crippen LogP contribution in [0, 0.1) is 5.92 Å². The van der Waals surface area contributed by atoms with Crippen molar-refractivity contribution in [1.82, 2.24) is 0 Å². The molecule has 0 unspecified atom stereocenters. The molecular weight excluding hydrogens is 510 g/mol. The van der Waals surface area contributed by atoms with Crippen LogP contribution in [-0.2, 0) is 9.53 Å². The van der Waals surface area contributed by atoms with Gasteiger partial charge in [-0.15, -0.1) is 0 Å². The number of nitrogens with one attached hydrogen (secondary N) is 2. The maximum Gasteiger partial charge on any atom is 0.412 e. The molecule has 40 heavy (non-hydrogen) atoms. The van der Waals surface area contributed by atoms with Crippen molar-refractivity contribution in [3.05, 3.63) is 96.1 Å². The molecule has 0 fully saturated rings. The molecule has 2 amide bonds. The lowest BCUT2D eigenvalue weighted by atomic mass is 9.92. The predicted octanol–water partition coefficient (Wildman–Crippen LogP) is 5.74. The molecule has 2 atom stereocenters. The summed E-state index contributed by atoms with van der Waals surface area (Å²) < 4.78 is 11.6. The van der Waals surface area contributed by atoms with Gasteiger partial charge in [-0.1, -0.05) is 43.3 Å². The van der Waals surface area contributed by atoms with Crippen molar-refractivity contribution in [2.24, 2.45) is 5.92 Å². The zero-order chi connectivity index (χ0) is 28.9. The first-order chi connectivity index (χ1) is 19.3. The first-order valence-corrected chi connectivity index (χ1v) is 13.0. The van der Waals surface area contributed by atoms with Crippen molar-refractivity contribution in [3.8, 4) is 5.75 Å². The van der Waals surface area contributed by atoms with E-state index in [-0.39, 0.29) is 30.8 Å². The maximum absolute atomic E-state index is 12.9. The summed E-state index contributed by atoms with van der Waals surface area (Å²) in [6.45, 7) is 3.35. The summed E-state index contributed by atoms with van der Waals surface area (Å²) in [6, 6.07) is 20.7. The number of amides is 2. The number of hydrogen-bond donors (Lipinski definition) is 4. The topological polar surface area (TPSA) is 140 Å². The number of anilines is 3. The minimum atomic E-state index is -0.683. The summed E-state index contributed by atoms with van der Waals surface area (Å²) in [7, 11) is 0. The molecule has 5 N–H and O–H groups in total. The number of benzene rings is 3. The number of Topliss-reactive ketones (excluding diaryl/α,β-unsaturated/α-hetero) is 1. The number of ether oxygens (including phenoxy) is 2. The summed E-state index contributed by atoms with van der Waals surface area (Å²) in [6.07, 6.45) is 3.00. The minimum absolute atomic E-state index is 0.0711. The van der Waals surface area contributed by atoms with Gasteiger partial charge in [0.15, 0.2) is 5.78 Å². The second-order valence-electron chi connectivity index (χ2n) is 9.23. The van der Waals surface area contributed by atoms with E-state index in [0.29, 0.717) is 46.8 Å². The number of rotatable bonds is 13. The quantitative estimate of drug-likeness (QED) is 0.122. The molecule has 9 nitrogen and oxygen atoms in total. The van der Waals surface area contributed by atoms with Crippen LogP contribution < -0.4 is 21.1 Å². The Kier molecular flexibility index (Phi) is 11.3. The Bertz CT molecular complexity index is 1320. The number of ketones is 1. The summed E-state index contributed by atoms with van der Waals surface area (Å²) in [5.74, 6) is -0.0286. The van der Waals surface area contributed by atoms with E-state index in [9.17, 15) is 19.5 Å². The van der Waals surface area contributed by atoms with Gasteiger partial charge < -0.3 is 25.6 Å². The van der Waals surface area contributed by atoms with Crippen LogP contribution in [-0.4, -0.2) is 36.1 Å². The molecule has 0 heterocycles. The Morgan fingerprint density at radius 2 is 1.68 bits per heavy atom. The van der Waals surface area contributed by atoms with E-state index in [0.717, 1.165) is 0 Å². The number of aliphatic hydroxyl groups excluding tert-OH is 1. The largest absolute Gasteiger partial charge is 0.491 e. The van der Waals surface area contributed by atoms with Crippen molar-refractivity contribution in [1.29, 1.82) is 0 Å². The van der Waals surface area contributed by atoms with E-state index < -0.39 is 12.2 Å². The lowest BCUT2D eigenvalue weighted by molar-refractivity contribution is -0.111. The second kappa shape index (κ2) is 15.1. The number of aliphatic hydroxyl groups is 1. The third kappa shape index (κ3) is 8.99. The molecule has 210 valence electrons. The van der Waals surface area contributed by atoms with E-state index >= 15 is 0 Å². The number of nitrogen functional groups attached to an aromatic ring is 1. The Hall–Kier alpha value is -4.63. The number of para-hydroxylation sites is 3. The fourth-order valence-electron chi connectivity index (χ4n) is 4.03. The number of carbonyl (C=O) groups excluding carboxylic acids is 3. The first-order valence-electron chi connectivity index (χ1n) is 13.0. The van der Waals surface area contributed by atoms with Crippen molar-refractivity contribution in [3.63, 3.8) is 0 Å². The Morgan fingerprint density at radius 1 is 0.975 bits per heavy atom. The molecule has 0 aromatic heterocycles. The zero-order valence-electron chi connectivity index (χ0n) is 22.6. The molecule has 0 saturated heterocycles. The van der Waals surface area contributed by atoms with Gasteiger partial charge in [0.25, 0.3) is 0 Å². The molecule has 0 radical (unpaired) electrons. The van der Waals surface area contributed by atoms with Crippen molar-refractivity contribution in [2.45, 2.75) is 32.8 Å².